The van der Waals surface area contributed by atoms with Crippen molar-refractivity contribution in [3.8, 4) is 0 Å². The summed E-state index contributed by atoms with van der Waals surface area (Å²) < 4.78 is 5.63. The summed E-state index contributed by atoms with van der Waals surface area (Å²) in [6.45, 7) is 0. The van der Waals surface area contributed by atoms with Crippen LogP contribution in [0.2, 0.25) is 0 Å². The maximum atomic E-state index is 12.4. The molecule has 0 aromatic carbocycles. The minimum absolute atomic E-state index is 0.105. The standard InChI is InChI=1S/C14H21NO4/c16-13(15-8-4-2-1-3-5-8)11-9-6-7-10(19-9)12(11)14(17)18/h8-12H,1-7H2,(H,15,16)(H,17,18)/t9-,10+,11-,12-/m0/s1. The number of nitrogens with one attached hydrogen (secondary N) is 1. The molecule has 2 saturated heterocycles. The van der Waals surface area contributed by atoms with E-state index >= 15 is 0 Å². The number of carboxylic acid groups (broad SMARTS) is 1. The van der Waals surface area contributed by atoms with Gasteiger partial charge in [0.15, 0.2) is 0 Å². The van der Waals surface area contributed by atoms with Gasteiger partial charge in [0, 0.05) is 6.04 Å². The predicted molar refractivity (Wildman–Crippen MR) is 67.5 cm³/mol. The number of carbonyl (C=O) groups excluding carboxylic acids is 1. The van der Waals surface area contributed by atoms with Crippen molar-refractivity contribution in [1.29, 1.82) is 0 Å². The lowest BCUT2D eigenvalue weighted by Crippen LogP contribution is -2.47. The quantitative estimate of drug-likeness (QED) is 0.808. The Morgan fingerprint density at radius 1 is 0.947 bits per heavy atom. The summed E-state index contributed by atoms with van der Waals surface area (Å²) in [6.07, 6.45) is 6.73. The lowest BCUT2D eigenvalue weighted by atomic mass is 9.78. The van der Waals surface area contributed by atoms with Crippen LogP contribution in [-0.2, 0) is 14.3 Å². The summed E-state index contributed by atoms with van der Waals surface area (Å²) in [5.74, 6) is -2.14. The Labute approximate surface area is 112 Å². The molecule has 3 rings (SSSR count). The Morgan fingerprint density at radius 2 is 1.58 bits per heavy atom. The fraction of sp³-hybridized carbons (Fsp3) is 0.857. The number of carboxylic acids is 1. The number of rotatable bonds is 3. The minimum Gasteiger partial charge on any atom is -0.481 e. The van der Waals surface area contributed by atoms with Crippen molar-refractivity contribution in [2.45, 2.75) is 63.2 Å². The van der Waals surface area contributed by atoms with Crippen LogP contribution in [0.3, 0.4) is 0 Å². The van der Waals surface area contributed by atoms with Crippen molar-refractivity contribution in [2.75, 3.05) is 0 Å². The van der Waals surface area contributed by atoms with Gasteiger partial charge < -0.3 is 15.2 Å². The van der Waals surface area contributed by atoms with Crippen LogP contribution in [0.15, 0.2) is 0 Å². The lowest BCUT2D eigenvalue weighted by molar-refractivity contribution is -0.148. The molecular weight excluding hydrogens is 246 g/mol. The zero-order valence-corrected chi connectivity index (χ0v) is 11.0. The van der Waals surface area contributed by atoms with Crippen LogP contribution in [-0.4, -0.2) is 35.2 Å². The summed E-state index contributed by atoms with van der Waals surface area (Å²) in [5.41, 5.74) is 0. The van der Waals surface area contributed by atoms with E-state index in [1.165, 1.54) is 6.42 Å². The number of fused-ring (bicyclic) bond motifs is 2. The number of aliphatic carboxylic acids is 1. The zero-order chi connectivity index (χ0) is 13.4. The normalized spacial score (nSPS) is 38.3. The summed E-state index contributed by atoms with van der Waals surface area (Å²) >= 11 is 0. The van der Waals surface area contributed by atoms with Gasteiger partial charge in [0.05, 0.1) is 24.0 Å². The van der Waals surface area contributed by atoms with Gasteiger partial charge in [-0.1, -0.05) is 19.3 Å². The maximum absolute atomic E-state index is 12.4. The molecule has 0 aromatic rings. The molecule has 5 heteroatoms. The largest absolute Gasteiger partial charge is 0.481 e. The number of hydrogen-bond donors (Lipinski definition) is 2. The highest BCUT2D eigenvalue weighted by Gasteiger charge is 2.55. The van der Waals surface area contributed by atoms with Gasteiger partial charge in [0.2, 0.25) is 5.91 Å². The van der Waals surface area contributed by atoms with Gasteiger partial charge in [0.25, 0.3) is 0 Å². The summed E-state index contributed by atoms with van der Waals surface area (Å²) in [5, 5.41) is 12.3. The van der Waals surface area contributed by atoms with Gasteiger partial charge in [0.1, 0.15) is 0 Å². The van der Waals surface area contributed by atoms with E-state index in [1.54, 1.807) is 0 Å². The highest BCUT2D eigenvalue weighted by Crippen LogP contribution is 2.43. The first kappa shape index (κ1) is 12.9. The maximum Gasteiger partial charge on any atom is 0.310 e. The van der Waals surface area contributed by atoms with E-state index in [-0.39, 0.29) is 24.2 Å². The molecule has 4 atom stereocenters. The average molecular weight is 267 g/mol. The molecule has 2 heterocycles. The minimum atomic E-state index is -0.893. The van der Waals surface area contributed by atoms with Crippen LogP contribution < -0.4 is 5.32 Å². The summed E-state index contributed by atoms with van der Waals surface area (Å²) in [7, 11) is 0. The van der Waals surface area contributed by atoms with E-state index in [9.17, 15) is 14.7 Å². The Balaban J connectivity index is 1.66. The molecule has 2 aliphatic heterocycles. The second kappa shape index (κ2) is 5.12. The topological polar surface area (TPSA) is 75.6 Å². The van der Waals surface area contributed by atoms with Crippen LogP contribution in [0.1, 0.15) is 44.9 Å². The highest BCUT2D eigenvalue weighted by atomic mass is 16.5. The number of hydrogen-bond acceptors (Lipinski definition) is 3. The molecule has 0 unspecified atom stereocenters. The molecule has 5 nitrogen and oxygen atoms in total. The Bertz CT molecular complexity index is 378. The molecule has 1 aliphatic carbocycles. The van der Waals surface area contributed by atoms with E-state index in [0.29, 0.717) is 0 Å². The second-order valence-corrected chi connectivity index (χ2v) is 6.02. The van der Waals surface area contributed by atoms with Crippen molar-refractivity contribution in [3.63, 3.8) is 0 Å². The fourth-order valence-corrected chi connectivity index (χ4v) is 3.87. The SMILES string of the molecule is O=C(NC1CCCCC1)[C@@H]1[C@@H](C(=O)O)[C@H]2CC[C@@H]1O2. The molecule has 0 radical (unpaired) electrons. The van der Waals surface area contributed by atoms with Gasteiger partial charge in [-0.25, -0.2) is 0 Å². The van der Waals surface area contributed by atoms with Gasteiger partial charge >= 0.3 is 5.97 Å². The molecule has 19 heavy (non-hydrogen) atoms. The molecule has 3 fully saturated rings. The van der Waals surface area contributed by atoms with Crippen LogP contribution in [0.5, 0.6) is 0 Å². The van der Waals surface area contributed by atoms with Gasteiger partial charge in [-0.2, -0.15) is 0 Å². The first-order valence-electron chi connectivity index (χ1n) is 7.35. The third-order valence-corrected chi connectivity index (χ3v) is 4.81. The summed E-state index contributed by atoms with van der Waals surface area (Å²) in [4.78, 5) is 23.7. The Morgan fingerprint density at radius 3 is 2.21 bits per heavy atom. The molecule has 3 aliphatic rings. The fourth-order valence-electron chi connectivity index (χ4n) is 3.87. The zero-order valence-electron chi connectivity index (χ0n) is 11.0. The smallest absolute Gasteiger partial charge is 0.310 e. The van der Waals surface area contributed by atoms with Crippen molar-refractivity contribution in [3.05, 3.63) is 0 Å². The molecule has 2 N–H and O–H groups in total. The van der Waals surface area contributed by atoms with Crippen molar-refractivity contribution in [1.82, 2.24) is 5.32 Å². The number of ether oxygens (including phenoxy) is 1. The first-order valence-corrected chi connectivity index (χ1v) is 7.35. The van der Waals surface area contributed by atoms with E-state index in [2.05, 4.69) is 5.32 Å². The van der Waals surface area contributed by atoms with Gasteiger partial charge in [-0.05, 0) is 25.7 Å². The van der Waals surface area contributed by atoms with Crippen LogP contribution in [0.4, 0.5) is 0 Å². The molecule has 106 valence electrons. The van der Waals surface area contributed by atoms with E-state index in [0.717, 1.165) is 38.5 Å². The predicted octanol–water partition coefficient (Wildman–Crippen LogP) is 1.31. The Kier molecular flexibility index (Phi) is 3.48. The van der Waals surface area contributed by atoms with E-state index in [1.807, 2.05) is 0 Å². The van der Waals surface area contributed by atoms with Crippen molar-refractivity contribution in [2.24, 2.45) is 11.8 Å². The molecule has 1 amide bonds. The Hall–Kier alpha value is -1.10. The van der Waals surface area contributed by atoms with Gasteiger partial charge in [-0.15, -0.1) is 0 Å². The molecule has 0 spiro atoms. The lowest BCUT2D eigenvalue weighted by Gasteiger charge is -2.28. The number of amides is 1. The monoisotopic (exact) mass is 267 g/mol. The summed E-state index contributed by atoms with van der Waals surface area (Å²) in [6, 6.07) is 0.231. The van der Waals surface area contributed by atoms with Crippen LogP contribution >= 0.6 is 0 Å². The molecule has 0 aromatic heterocycles. The van der Waals surface area contributed by atoms with Crippen molar-refractivity contribution < 1.29 is 19.4 Å². The molecular formula is C14H21NO4. The third-order valence-electron chi connectivity index (χ3n) is 4.81. The van der Waals surface area contributed by atoms with Gasteiger partial charge in [-0.3, -0.25) is 9.59 Å². The number of carbonyl (C=O) groups is 2. The highest BCUT2D eigenvalue weighted by molar-refractivity contribution is 5.86. The molecule has 2 bridgehead atoms. The second-order valence-electron chi connectivity index (χ2n) is 6.02. The molecule has 1 saturated carbocycles. The van der Waals surface area contributed by atoms with Crippen LogP contribution in [0, 0.1) is 11.8 Å². The average Bonchev–Trinajstić information content (AvgIpc) is 2.99. The third kappa shape index (κ3) is 2.36. The van der Waals surface area contributed by atoms with E-state index in [4.69, 9.17) is 4.74 Å². The van der Waals surface area contributed by atoms with Crippen LogP contribution in [0.25, 0.3) is 0 Å². The van der Waals surface area contributed by atoms with Crippen molar-refractivity contribution >= 4 is 11.9 Å². The van der Waals surface area contributed by atoms with E-state index < -0.39 is 17.8 Å². The first-order chi connectivity index (χ1) is 9.16.